The molecule has 0 heterocycles. The van der Waals surface area contributed by atoms with E-state index in [2.05, 4.69) is 48.9 Å². The quantitative estimate of drug-likeness (QED) is 0.845. The van der Waals surface area contributed by atoms with E-state index < -0.39 is 0 Å². The van der Waals surface area contributed by atoms with E-state index in [-0.39, 0.29) is 5.91 Å². The molecule has 0 saturated carbocycles. The van der Waals surface area contributed by atoms with Crippen LogP contribution in [0.5, 0.6) is 5.75 Å². The summed E-state index contributed by atoms with van der Waals surface area (Å²) in [4.78, 5) is 12.2. The Morgan fingerprint density at radius 2 is 1.85 bits per heavy atom. The molecule has 1 aromatic carbocycles. The highest BCUT2D eigenvalue weighted by atomic mass is 79.9. The predicted octanol–water partition coefficient (Wildman–Crippen LogP) is 4.12. The molecule has 1 N–H and O–H groups in total. The molecule has 0 unspecified atom stereocenters. The number of nitrogens with one attached hydrogen (secondary N) is 1. The molecule has 0 aliphatic rings. The lowest BCUT2D eigenvalue weighted by molar-refractivity contribution is 0.0937. The molecule has 112 valence electrons. The molecule has 20 heavy (non-hydrogen) atoms. The van der Waals surface area contributed by atoms with Crippen LogP contribution in [0.25, 0.3) is 0 Å². The van der Waals surface area contributed by atoms with Gasteiger partial charge < -0.3 is 10.1 Å². The summed E-state index contributed by atoms with van der Waals surface area (Å²) in [6.07, 6.45) is 0. The lowest BCUT2D eigenvalue weighted by Crippen LogP contribution is -2.33. The Labute approximate surface area is 130 Å². The molecule has 0 radical (unpaired) electrons. The van der Waals surface area contributed by atoms with Gasteiger partial charge in [0, 0.05) is 12.1 Å². The molecule has 3 nitrogen and oxygen atoms in total. The zero-order valence-corrected chi connectivity index (χ0v) is 14.5. The minimum Gasteiger partial charge on any atom is -0.496 e. The summed E-state index contributed by atoms with van der Waals surface area (Å²) >= 11 is 3.40. The van der Waals surface area contributed by atoms with Crippen LogP contribution in [-0.2, 0) is 0 Å². The lowest BCUT2D eigenvalue weighted by atomic mass is 9.85. The molecule has 0 aromatic heterocycles. The van der Waals surface area contributed by atoms with Crippen LogP contribution in [0.4, 0.5) is 0 Å². The van der Waals surface area contributed by atoms with Crippen LogP contribution in [0.15, 0.2) is 22.7 Å². The van der Waals surface area contributed by atoms with E-state index in [1.165, 1.54) is 0 Å². The summed E-state index contributed by atoms with van der Waals surface area (Å²) in [5.41, 5.74) is 0.643. The smallest absolute Gasteiger partial charge is 0.251 e. The molecule has 0 spiro atoms. The number of ether oxygens (including phenoxy) is 1. The van der Waals surface area contributed by atoms with Gasteiger partial charge in [-0.25, -0.2) is 0 Å². The first-order valence-corrected chi connectivity index (χ1v) is 7.77. The molecule has 0 bridgehead atoms. The van der Waals surface area contributed by atoms with Gasteiger partial charge in [0.25, 0.3) is 5.91 Å². The van der Waals surface area contributed by atoms with Crippen molar-refractivity contribution in [3.8, 4) is 5.75 Å². The van der Waals surface area contributed by atoms with E-state index in [1.807, 2.05) is 0 Å². The molecular formula is C16H24BrNO2. The van der Waals surface area contributed by atoms with Crippen LogP contribution in [-0.4, -0.2) is 19.6 Å². The van der Waals surface area contributed by atoms with Crippen LogP contribution in [0.3, 0.4) is 0 Å². The van der Waals surface area contributed by atoms with Crippen LogP contribution in [0.2, 0.25) is 0 Å². The van der Waals surface area contributed by atoms with E-state index >= 15 is 0 Å². The third-order valence-corrected chi connectivity index (χ3v) is 4.24. The maximum atomic E-state index is 12.2. The Balaban J connectivity index is 2.69. The third-order valence-electron chi connectivity index (χ3n) is 3.62. The largest absolute Gasteiger partial charge is 0.496 e. The maximum absolute atomic E-state index is 12.2. The number of methoxy groups -OCH3 is 1. The number of benzene rings is 1. The fourth-order valence-electron chi connectivity index (χ4n) is 2.36. The third kappa shape index (κ3) is 4.51. The summed E-state index contributed by atoms with van der Waals surface area (Å²) in [6, 6.07) is 5.36. The molecule has 0 saturated heterocycles. The van der Waals surface area contributed by atoms with Gasteiger partial charge in [-0.1, -0.05) is 27.7 Å². The molecule has 1 rings (SSSR count). The molecule has 1 amide bonds. The monoisotopic (exact) mass is 341 g/mol. The second-order valence-corrected chi connectivity index (χ2v) is 6.57. The van der Waals surface area contributed by atoms with Crippen LogP contribution in [0.1, 0.15) is 38.1 Å². The number of hydrogen-bond donors (Lipinski definition) is 1. The molecule has 0 aliphatic heterocycles. The number of carbonyl (C=O) groups excluding carboxylic acids is 1. The molecule has 0 fully saturated rings. The average molecular weight is 342 g/mol. The highest BCUT2D eigenvalue weighted by Crippen LogP contribution is 2.25. The average Bonchev–Trinajstić information content (AvgIpc) is 2.37. The van der Waals surface area contributed by atoms with Crippen molar-refractivity contribution in [2.45, 2.75) is 27.7 Å². The number of carbonyl (C=O) groups is 1. The van der Waals surface area contributed by atoms with Crippen LogP contribution < -0.4 is 10.1 Å². The Hall–Kier alpha value is -1.03. The van der Waals surface area contributed by atoms with E-state index in [0.29, 0.717) is 29.9 Å². The van der Waals surface area contributed by atoms with Crippen molar-refractivity contribution in [1.29, 1.82) is 0 Å². The minimum absolute atomic E-state index is 0.0420. The van der Waals surface area contributed by atoms with Gasteiger partial charge in [0.1, 0.15) is 5.75 Å². The number of hydrogen-bond acceptors (Lipinski definition) is 2. The molecule has 0 aliphatic carbocycles. The van der Waals surface area contributed by atoms with E-state index in [1.54, 1.807) is 25.3 Å². The van der Waals surface area contributed by atoms with Crippen molar-refractivity contribution in [3.05, 3.63) is 28.2 Å². The second kappa shape index (κ2) is 7.67. The zero-order chi connectivity index (χ0) is 15.3. The van der Waals surface area contributed by atoms with Crippen molar-refractivity contribution in [2.75, 3.05) is 13.7 Å². The van der Waals surface area contributed by atoms with E-state index in [4.69, 9.17) is 4.74 Å². The standard InChI is InChI=1S/C16H24BrNO2/c1-10(2)13(11(3)4)9-18-16(19)12-6-7-15(20-5)14(17)8-12/h6-8,10-11,13H,9H2,1-5H3,(H,18,19). The van der Waals surface area contributed by atoms with Crippen molar-refractivity contribution in [1.82, 2.24) is 5.32 Å². The van der Waals surface area contributed by atoms with Gasteiger partial charge >= 0.3 is 0 Å². The van der Waals surface area contributed by atoms with Crippen molar-refractivity contribution < 1.29 is 9.53 Å². The van der Waals surface area contributed by atoms with Gasteiger partial charge in [0.05, 0.1) is 11.6 Å². The normalized spacial score (nSPS) is 11.2. The number of halogens is 1. The predicted molar refractivity (Wildman–Crippen MR) is 86.2 cm³/mol. The van der Waals surface area contributed by atoms with E-state index in [0.717, 1.165) is 10.2 Å². The fourth-order valence-corrected chi connectivity index (χ4v) is 2.90. The summed E-state index contributed by atoms with van der Waals surface area (Å²) in [5, 5.41) is 3.03. The van der Waals surface area contributed by atoms with E-state index in [9.17, 15) is 4.79 Å². The van der Waals surface area contributed by atoms with Crippen molar-refractivity contribution in [2.24, 2.45) is 17.8 Å². The topological polar surface area (TPSA) is 38.3 Å². The molecule has 4 heteroatoms. The van der Waals surface area contributed by atoms with Gasteiger partial charge in [-0.2, -0.15) is 0 Å². The highest BCUT2D eigenvalue weighted by Gasteiger charge is 2.18. The van der Waals surface area contributed by atoms with Gasteiger partial charge in [0.15, 0.2) is 0 Å². The molecular weight excluding hydrogens is 318 g/mol. The minimum atomic E-state index is -0.0420. The van der Waals surface area contributed by atoms with Gasteiger partial charge in [-0.3, -0.25) is 4.79 Å². The second-order valence-electron chi connectivity index (χ2n) is 5.71. The molecule has 1 aromatic rings. The summed E-state index contributed by atoms with van der Waals surface area (Å²) < 4.78 is 5.95. The first-order chi connectivity index (χ1) is 9.36. The number of amides is 1. The first-order valence-electron chi connectivity index (χ1n) is 6.98. The zero-order valence-electron chi connectivity index (χ0n) is 12.9. The van der Waals surface area contributed by atoms with Gasteiger partial charge in [0.2, 0.25) is 0 Å². The Morgan fingerprint density at radius 1 is 1.25 bits per heavy atom. The molecule has 0 atom stereocenters. The fraction of sp³-hybridized carbons (Fsp3) is 0.562. The maximum Gasteiger partial charge on any atom is 0.251 e. The summed E-state index contributed by atoms with van der Waals surface area (Å²) in [7, 11) is 1.61. The van der Waals surface area contributed by atoms with Crippen LogP contribution >= 0.6 is 15.9 Å². The first kappa shape index (κ1) is 17.0. The van der Waals surface area contributed by atoms with Gasteiger partial charge in [-0.05, 0) is 51.9 Å². The lowest BCUT2D eigenvalue weighted by Gasteiger charge is -2.25. The van der Waals surface area contributed by atoms with Gasteiger partial charge in [-0.15, -0.1) is 0 Å². The van der Waals surface area contributed by atoms with Crippen molar-refractivity contribution >= 4 is 21.8 Å². The Kier molecular flexibility index (Phi) is 6.53. The van der Waals surface area contributed by atoms with Crippen LogP contribution in [0, 0.1) is 17.8 Å². The SMILES string of the molecule is COc1ccc(C(=O)NCC(C(C)C)C(C)C)cc1Br. The Morgan fingerprint density at radius 3 is 2.30 bits per heavy atom. The summed E-state index contributed by atoms with van der Waals surface area (Å²) in [5.74, 6) is 2.28. The number of rotatable bonds is 6. The summed E-state index contributed by atoms with van der Waals surface area (Å²) in [6.45, 7) is 9.49. The Bertz CT molecular complexity index is 450. The van der Waals surface area contributed by atoms with Crippen molar-refractivity contribution in [3.63, 3.8) is 0 Å². The highest BCUT2D eigenvalue weighted by molar-refractivity contribution is 9.10.